The monoisotopic (exact) mass is 346 g/mol. The van der Waals surface area contributed by atoms with Crippen molar-refractivity contribution in [3.8, 4) is 0 Å². The molecule has 0 bridgehead atoms. The van der Waals surface area contributed by atoms with E-state index in [1.807, 2.05) is 12.1 Å². The van der Waals surface area contributed by atoms with E-state index in [0.717, 1.165) is 5.56 Å². The van der Waals surface area contributed by atoms with E-state index in [1.54, 1.807) is 24.3 Å². The fourth-order valence-corrected chi connectivity index (χ4v) is 2.92. The normalized spacial score (nSPS) is 16.6. The van der Waals surface area contributed by atoms with Crippen LogP contribution < -0.4 is 4.90 Å². The predicted octanol–water partition coefficient (Wildman–Crippen LogP) is 2.50. The van der Waals surface area contributed by atoms with Gasteiger partial charge in [0.15, 0.2) is 0 Å². The number of para-hydroxylation sites is 1. The topological polar surface area (TPSA) is 70.5 Å². The van der Waals surface area contributed by atoms with Crippen LogP contribution in [-0.2, 0) is 11.2 Å². The largest absolute Gasteiger partial charge is 0.480 e. The van der Waals surface area contributed by atoms with Gasteiger partial charge < -0.3 is 5.11 Å². The molecule has 1 amide bonds. The number of carboxylic acids is 1. The summed E-state index contributed by atoms with van der Waals surface area (Å²) in [7, 11) is 0. The molecule has 3 rings (SSSR count). The maximum Gasteiger partial charge on any atom is 0.327 e. The van der Waals surface area contributed by atoms with Crippen LogP contribution in [0.4, 0.5) is 5.69 Å². The van der Waals surface area contributed by atoms with E-state index in [9.17, 15) is 14.7 Å². The van der Waals surface area contributed by atoms with Crippen molar-refractivity contribution in [3.05, 3.63) is 58.3 Å². The van der Waals surface area contributed by atoms with E-state index in [4.69, 9.17) is 0 Å². The molecular weight excluding hydrogens is 336 g/mol. The Morgan fingerprint density at radius 3 is 2.71 bits per heavy atom. The van der Waals surface area contributed by atoms with Gasteiger partial charge in [-0.05, 0) is 39.7 Å². The minimum absolute atomic E-state index is 0.209. The number of carboxylic acid groups (broad SMARTS) is 1. The molecule has 0 saturated heterocycles. The number of pyridine rings is 1. The molecule has 6 heteroatoms. The third-order valence-electron chi connectivity index (χ3n) is 3.44. The molecule has 0 aliphatic carbocycles. The van der Waals surface area contributed by atoms with Gasteiger partial charge in [0.2, 0.25) is 0 Å². The van der Waals surface area contributed by atoms with E-state index in [0.29, 0.717) is 16.6 Å². The average Bonchev–Trinajstić information content (AvgIpc) is 2.86. The highest BCUT2D eigenvalue weighted by molar-refractivity contribution is 9.10. The molecule has 1 aromatic heterocycles. The Labute approximate surface area is 129 Å². The highest BCUT2D eigenvalue weighted by Crippen LogP contribution is 2.34. The molecule has 1 N–H and O–H groups in total. The summed E-state index contributed by atoms with van der Waals surface area (Å²) in [5, 5.41) is 9.39. The number of carbonyl (C=O) groups is 2. The number of rotatable bonds is 2. The Morgan fingerprint density at radius 2 is 2.00 bits per heavy atom. The Hall–Kier alpha value is -2.21. The van der Waals surface area contributed by atoms with Crippen LogP contribution in [0.15, 0.2) is 47.1 Å². The molecule has 2 heterocycles. The summed E-state index contributed by atoms with van der Waals surface area (Å²) in [4.78, 5) is 29.6. The number of hydrogen-bond donors (Lipinski definition) is 1. The number of benzene rings is 1. The van der Waals surface area contributed by atoms with Gasteiger partial charge in [-0.15, -0.1) is 0 Å². The van der Waals surface area contributed by atoms with Crippen LogP contribution in [0.1, 0.15) is 16.1 Å². The Bertz CT molecular complexity index is 732. The molecule has 21 heavy (non-hydrogen) atoms. The molecule has 1 aliphatic heterocycles. The highest BCUT2D eigenvalue weighted by Gasteiger charge is 2.39. The van der Waals surface area contributed by atoms with Gasteiger partial charge in [-0.25, -0.2) is 9.78 Å². The van der Waals surface area contributed by atoms with E-state index in [2.05, 4.69) is 20.9 Å². The molecule has 5 nitrogen and oxygen atoms in total. The number of hydrogen-bond acceptors (Lipinski definition) is 3. The van der Waals surface area contributed by atoms with E-state index >= 15 is 0 Å². The molecular formula is C15H11BrN2O3. The lowest BCUT2D eigenvalue weighted by atomic mass is 10.1. The summed E-state index contributed by atoms with van der Waals surface area (Å²) in [6, 6.07) is 9.73. The highest BCUT2D eigenvalue weighted by atomic mass is 79.9. The lowest BCUT2D eigenvalue weighted by Gasteiger charge is -2.22. The minimum atomic E-state index is -1.02. The first kappa shape index (κ1) is 13.8. The molecule has 106 valence electrons. The predicted molar refractivity (Wildman–Crippen MR) is 80.3 cm³/mol. The fraction of sp³-hybridized carbons (Fsp3) is 0.133. The zero-order chi connectivity index (χ0) is 15.0. The number of amides is 1. The number of anilines is 1. The van der Waals surface area contributed by atoms with Gasteiger partial charge in [-0.1, -0.05) is 18.2 Å². The molecule has 2 aromatic rings. The maximum absolute atomic E-state index is 12.7. The third-order valence-corrected chi connectivity index (χ3v) is 4.08. The van der Waals surface area contributed by atoms with Crippen molar-refractivity contribution in [1.82, 2.24) is 4.98 Å². The van der Waals surface area contributed by atoms with Crippen LogP contribution in [0.3, 0.4) is 0 Å². The summed E-state index contributed by atoms with van der Waals surface area (Å²) in [6.07, 6.45) is 1.82. The quantitative estimate of drug-likeness (QED) is 0.906. The number of fused-ring (bicyclic) bond motifs is 1. The van der Waals surface area contributed by atoms with Crippen molar-refractivity contribution in [1.29, 1.82) is 0 Å². The Morgan fingerprint density at radius 1 is 1.24 bits per heavy atom. The van der Waals surface area contributed by atoms with Crippen molar-refractivity contribution in [2.75, 3.05) is 4.90 Å². The van der Waals surface area contributed by atoms with Crippen molar-refractivity contribution in [2.24, 2.45) is 0 Å². The smallest absolute Gasteiger partial charge is 0.327 e. The first-order valence-electron chi connectivity index (χ1n) is 6.34. The standard InChI is InChI=1S/C15H11BrN2O3/c16-10-5-3-7-17-13(10)14(19)18-11-6-2-1-4-9(11)8-12(18)15(20)21/h1-7,12H,8H2,(H,20,21)/t12-/m0/s1. The van der Waals surface area contributed by atoms with E-state index in [1.165, 1.54) is 11.1 Å². The summed E-state index contributed by atoms with van der Waals surface area (Å²) in [6.45, 7) is 0. The molecule has 0 unspecified atom stereocenters. The molecule has 0 saturated carbocycles. The van der Waals surface area contributed by atoms with Gasteiger partial charge in [0.1, 0.15) is 11.7 Å². The number of carbonyl (C=O) groups excluding carboxylic acids is 1. The van der Waals surface area contributed by atoms with Crippen LogP contribution >= 0.6 is 15.9 Å². The Kier molecular flexibility index (Phi) is 3.47. The third kappa shape index (κ3) is 2.31. The van der Waals surface area contributed by atoms with Crippen molar-refractivity contribution < 1.29 is 14.7 Å². The molecule has 0 radical (unpaired) electrons. The summed E-state index contributed by atoms with van der Waals surface area (Å²) < 4.78 is 0.545. The summed E-state index contributed by atoms with van der Waals surface area (Å²) in [5.74, 6) is -1.44. The summed E-state index contributed by atoms with van der Waals surface area (Å²) >= 11 is 3.28. The maximum atomic E-state index is 12.7. The van der Waals surface area contributed by atoms with Gasteiger partial charge in [0, 0.05) is 22.8 Å². The van der Waals surface area contributed by atoms with Crippen molar-refractivity contribution in [2.45, 2.75) is 12.5 Å². The van der Waals surface area contributed by atoms with Gasteiger partial charge >= 0.3 is 5.97 Å². The average molecular weight is 347 g/mol. The number of nitrogens with zero attached hydrogens (tertiary/aromatic N) is 2. The van der Waals surface area contributed by atoms with Crippen LogP contribution in [0.5, 0.6) is 0 Å². The lowest BCUT2D eigenvalue weighted by Crippen LogP contribution is -2.43. The van der Waals surface area contributed by atoms with Gasteiger partial charge in [-0.3, -0.25) is 9.69 Å². The van der Waals surface area contributed by atoms with E-state index < -0.39 is 17.9 Å². The van der Waals surface area contributed by atoms with Gasteiger partial charge in [0.05, 0.1) is 0 Å². The first-order valence-corrected chi connectivity index (χ1v) is 7.13. The van der Waals surface area contributed by atoms with Gasteiger partial charge in [-0.2, -0.15) is 0 Å². The van der Waals surface area contributed by atoms with Gasteiger partial charge in [0.25, 0.3) is 5.91 Å². The zero-order valence-electron chi connectivity index (χ0n) is 10.9. The number of halogens is 1. The SMILES string of the molecule is O=C(O)[C@@H]1Cc2ccccc2N1C(=O)c1ncccc1Br. The van der Waals surface area contributed by atoms with Crippen LogP contribution in [0.2, 0.25) is 0 Å². The first-order chi connectivity index (χ1) is 10.1. The van der Waals surface area contributed by atoms with Crippen LogP contribution in [0.25, 0.3) is 0 Å². The Balaban J connectivity index is 2.08. The van der Waals surface area contributed by atoms with E-state index in [-0.39, 0.29) is 5.69 Å². The number of aliphatic carboxylic acids is 1. The lowest BCUT2D eigenvalue weighted by molar-refractivity contribution is -0.138. The molecule has 1 atom stereocenters. The van der Waals surface area contributed by atoms with Crippen LogP contribution in [0, 0.1) is 0 Å². The molecule has 1 aromatic carbocycles. The molecule has 0 fully saturated rings. The van der Waals surface area contributed by atoms with Crippen LogP contribution in [-0.4, -0.2) is 28.0 Å². The second kappa shape index (κ2) is 5.29. The zero-order valence-corrected chi connectivity index (χ0v) is 12.4. The van der Waals surface area contributed by atoms with Crippen molar-refractivity contribution in [3.63, 3.8) is 0 Å². The second-order valence-corrected chi connectivity index (χ2v) is 5.55. The fourth-order valence-electron chi connectivity index (χ4n) is 2.49. The minimum Gasteiger partial charge on any atom is -0.480 e. The second-order valence-electron chi connectivity index (χ2n) is 4.70. The van der Waals surface area contributed by atoms with Crippen molar-refractivity contribution >= 4 is 33.5 Å². The molecule has 0 spiro atoms. The number of aromatic nitrogens is 1. The summed E-state index contributed by atoms with van der Waals surface area (Å²) in [5.41, 5.74) is 1.69. The molecule has 1 aliphatic rings.